The Bertz CT molecular complexity index is 1080. The average Bonchev–Trinajstić information content (AvgIpc) is 3.41. The minimum absolute atomic E-state index is 0.0209. The summed E-state index contributed by atoms with van der Waals surface area (Å²) in [4.78, 5) is 24.7. The van der Waals surface area contributed by atoms with Crippen molar-refractivity contribution in [1.82, 2.24) is 19.4 Å². The highest BCUT2D eigenvalue weighted by atomic mass is 32.3. The number of fused-ring (bicyclic) bond motifs is 1. The van der Waals surface area contributed by atoms with Crippen LogP contribution in [0.1, 0.15) is 28.9 Å². The first-order chi connectivity index (χ1) is 15.6. The largest absolute Gasteiger partial charge is 0.360 e. The van der Waals surface area contributed by atoms with E-state index in [1.165, 1.54) is 29.1 Å². The SMILES string of the molecule is CS1(CCOCn2ccc3c(C(=O)C4CCCN(Cc5ccccc5)C4)ncnc32)CC1. The molecule has 0 N–H and O–H groups in total. The molecule has 0 amide bonds. The van der Waals surface area contributed by atoms with Crippen molar-refractivity contribution in [3.8, 4) is 0 Å². The topological polar surface area (TPSA) is 60.2 Å². The lowest BCUT2D eigenvalue weighted by atomic mass is 9.91. The van der Waals surface area contributed by atoms with Crippen molar-refractivity contribution in [3.63, 3.8) is 0 Å². The Kier molecular flexibility index (Phi) is 6.31. The maximum Gasteiger partial charge on any atom is 0.186 e. The number of piperidine rings is 1. The molecule has 32 heavy (non-hydrogen) atoms. The predicted octanol–water partition coefficient (Wildman–Crippen LogP) is 3.95. The van der Waals surface area contributed by atoms with E-state index < -0.39 is 0 Å². The van der Waals surface area contributed by atoms with E-state index in [4.69, 9.17) is 4.74 Å². The summed E-state index contributed by atoms with van der Waals surface area (Å²) in [5, 5.41) is 0.834. The van der Waals surface area contributed by atoms with Crippen molar-refractivity contribution in [2.75, 3.05) is 43.2 Å². The molecular formula is C25H32N4O2S. The summed E-state index contributed by atoms with van der Waals surface area (Å²) < 4.78 is 7.91. The summed E-state index contributed by atoms with van der Waals surface area (Å²) in [6, 6.07) is 12.4. The molecule has 2 aliphatic heterocycles. The number of carbonyl (C=O) groups excluding carboxylic acids is 1. The molecule has 1 atom stereocenters. The van der Waals surface area contributed by atoms with Crippen LogP contribution in [0.25, 0.3) is 11.0 Å². The zero-order chi connectivity index (χ0) is 22.0. The number of hydrogen-bond donors (Lipinski definition) is 0. The van der Waals surface area contributed by atoms with Crippen LogP contribution in [0.4, 0.5) is 0 Å². The fourth-order valence-electron chi connectivity index (χ4n) is 4.52. The van der Waals surface area contributed by atoms with Gasteiger partial charge in [-0.3, -0.25) is 9.69 Å². The third kappa shape index (κ3) is 4.90. The second-order valence-corrected chi connectivity index (χ2v) is 13.5. The fraction of sp³-hybridized carbons (Fsp3) is 0.480. The number of carbonyl (C=O) groups is 1. The normalized spacial score (nSPS) is 21.5. The van der Waals surface area contributed by atoms with Gasteiger partial charge >= 0.3 is 0 Å². The monoisotopic (exact) mass is 452 g/mol. The molecule has 0 spiro atoms. The number of ether oxygens (including phenoxy) is 1. The van der Waals surface area contributed by atoms with E-state index >= 15 is 0 Å². The Hall–Kier alpha value is -2.22. The first-order valence-electron chi connectivity index (χ1n) is 11.5. The number of ketones is 1. The summed E-state index contributed by atoms with van der Waals surface area (Å²) in [6.45, 7) is 3.97. The number of rotatable bonds is 9. The van der Waals surface area contributed by atoms with Crippen LogP contribution in [0, 0.1) is 5.92 Å². The predicted molar refractivity (Wildman–Crippen MR) is 130 cm³/mol. The molecule has 2 fully saturated rings. The van der Waals surface area contributed by atoms with E-state index in [2.05, 4.69) is 45.4 Å². The molecule has 0 radical (unpaired) electrons. The number of hydrogen-bond acceptors (Lipinski definition) is 5. The molecule has 0 bridgehead atoms. The van der Waals surface area contributed by atoms with Gasteiger partial charge in [0, 0.05) is 36.3 Å². The van der Waals surface area contributed by atoms with Gasteiger partial charge in [0.1, 0.15) is 24.4 Å². The van der Waals surface area contributed by atoms with Gasteiger partial charge in [0.25, 0.3) is 0 Å². The molecule has 2 aromatic heterocycles. The van der Waals surface area contributed by atoms with Gasteiger partial charge in [-0.25, -0.2) is 20.0 Å². The third-order valence-corrected chi connectivity index (χ3v) is 9.72. The van der Waals surface area contributed by atoms with Gasteiger partial charge in [-0.2, -0.15) is 0 Å². The average molecular weight is 453 g/mol. The third-order valence-electron chi connectivity index (χ3n) is 6.77. The molecule has 170 valence electrons. The van der Waals surface area contributed by atoms with Crippen LogP contribution in [0.3, 0.4) is 0 Å². The van der Waals surface area contributed by atoms with Gasteiger partial charge in [0.2, 0.25) is 0 Å². The van der Waals surface area contributed by atoms with Crippen molar-refractivity contribution in [1.29, 1.82) is 0 Å². The van der Waals surface area contributed by atoms with Crippen molar-refractivity contribution < 1.29 is 9.53 Å². The Labute approximate surface area is 191 Å². The molecule has 6 nitrogen and oxygen atoms in total. The summed E-state index contributed by atoms with van der Waals surface area (Å²) in [6.07, 6.45) is 7.84. The van der Waals surface area contributed by atoms with Crippen molar-refractivity contribution in [2.45, 2.75) is 26.1 Å². The molecule has 4 heterocycles. The molecule has 0 saturated carbocycles. The Balaban J connectivity index is 1.25. The van der Waals surface area contributed by atoms with E-state index in [-0.39, 0.29) is 21.7 Å². The van der Waals surface area contributed by atoms with Gasteiger partial charge in [-0.1, -0.05) is 30.3 Å². The highest BCUT2D eigenvalue weighted by Gasteiger charge is 2.31. The van der Waals surface area contributed by atoms with Gasteiger partial charge in [0.15, 0.2) is 5.78 Å². The summed E-state index contributed by atoms with van der Waals surface area (Å²) in [7, 11) is -0.321. The molecule has 1 unspecified atom stereocenters. The standard InChI is InChI=1S/C25H32N4O2S/c1-32(14-15-32)13-12-31-19-29-11-9-22-23(26-18-27-25(22)29)24(30)21-8-5-10-28(17-21)16-20-6-3-2-4-7-20/h2-4,6-7,9,11,18,21H,5,8,10,12-17,19H2,1H3. The van der Waals surface area contributed by atoms with Gasteiger partial charge in [-0.15, -0.1) is 0 Å². The molecule has 2 aliphatic rings. The summed E-state index contributed by atoms with van der Waals surface area (Å²) in [5.74, 6) is 4.09. The van der Waals surface area contributed by atoms with E-state index in [1.54, 1.807) is 0 Å². The van der Waals surface area contributed by atoms with E-state index in [1.807, 2.05) is 22.9 Å². The number of nitrogens with zero attached hydrogens (tertiary/aromatic N) is 4. The Morgan fingerprint density at radius 3 is 2.84 bits per heavy atom. The summed E-state index contributed by atoms with van der Waals surface area (Å²) in [5.41, 5.74) is 2.62. The quantitative estimate of drug-likeness (QED) is 0.280. The lowest BCUT2D eigenvalue weighted by Gasteiger charge is -2.31. The highest BCUT2D eigenvalue weighted by molar-refractivity contribution is 8.38. The zero-order valence-electron chi connectivity index (χ0n) is 18.8. The van der Waals surface area contributed by atoms with Gasteiger partial charge in [-0.05, 0) is 48.8 Å². The molecule has 1 aromatic carbocycles. The molecular weight excluding hydrogens is 420 g/mol. The molecule has 2 saturated heterocycles. The van der Waals surface area contributed by atoms with Crippen LogP contribution in [0.2, 0.25) is 0 Å². The Morgan fingerprint density at radius 1 is 1.19 bits per heavy atom. The van der Waals surface area contributed by atoms with Crippen LogP contribution in [-0.2, 0) is 18.0 Å². The minimum Gasteiger partial charge on any atom is -0.360 e. The maximum atomic E-state index is 13.4. The number of aromatic nitrogens is 3. The van der Waals surface area contributed by atoms with Crippen LogP contribution in [0.15, 0.2) is 48.9 Å². The first-order valence-corrected chi connectivity index (χ1v) is 14.1. The first kappa shape index (κ1) is 21.6. The van der Waals surface area contributed by atoms with Crippen LogP contribution < -0.4 is 0 Å². The van der Waals surface area contributed by atoms with E-state index in [9.17, 15) is 4.79 Å². The van der Waals surface area contributed by atoms with E-state index in [0.29, 0.717) is 12.4 Å². The van der Waals surface area contributed by atoms with E-state index in [0.717, 1.165) is 50.1 Å². The lowest BCUT2D eigenvalue weighted by molar-refractivity contribution is 0.0807. The van der Waals surface area contributed by atoms with Gasteiger partial charge < -0.3 is 9.30 Å². The van der Waals surface area contributed by atoms with Gasteiger partial charge in [0.05, 0.1) is 6.61 Å². The molecule has 7 heteroatoms. The fourth-order valence-corrected chi connectivity index (χ4v) is 6.59. The number of benzene rings is 1. The number of likely N-dealkylation sites (tertiary alicyclic amines) is 1. The maximum absolute atomic E-state index is 13.4. The lowest BCUT2D eigenvalue weighted by Crippen LogP contribution is -2.38. The minimum atomic E-state index is -0.321. The Morgan fingerprint density at radius 2 is 2.03 bits per heavy atom. The molecule has 3 aromatic rings. The van der Waals surface area contributed by atoms with Crippen molar-refractivity contribution >= 4 is 26.8 Å². The van der Waals surface area contributed by atoms with Crippen LogP contribution in [-0.4, -0.2) is 68.4 Å². The van der Waals surface area contributed by atoms with Crippen molar-refractivity contribution in [2.24, 2.45) is 5.92 Å². The molecule has 0 aliphatic carbocycles. The highest BCUT2D eigenvalue weighted by Crippen LogP contribution is 2.57. The second-order valence-electron chi connectivity index (χ2n) is 9.30. The number of Topliss-reactive ketones (excluding diaryl/α,β-unsaturated/α-hetero) is 1. The molecule has 5 rings (SSSR count). The van der Waals surface area contributed by atoms with Crippen molar-refractivity contribution in [3.05, 3.63) is 60.2 Å². The second kappa shape index (κ2) is 9.33. The van der Waals surface area contributed by atoms with Crippen LogP contribution >= 0.6 is 10.0 Å². The summed E-state index contributed by atoms with van der Waals surface area (Å²) >= 11 is 0. The van der Waals surface area contributed by atoms with Crippen LogP contribution in [0.5, 0.6) is 0 Å². The smallest absolute Gasteiger partial charge is 0.186 e. The zero-order valence-corrected chi connectivity index (χ0v) is 19.6.